The molecule has 0 bridgehead atoms. The average molecular weight is 230 g/mol. The first kappa shape index (κ1) is 11.8. The van der Waals surface area contributed by atoms with Crippen molar-refractivity contribution in [3.05, 3.63) is 23.8 Å². The maximum absolute atomic E-state index is 9.14. The zero-order valence-electron chi connectivity index (χ0n) is 10.4. The topological polar surface area (TPSA) is 36.3 Å². The number of anilines is 1. The second-order valence-electron chi connectivity index (χ2n) is 4.53. The van der Waals surface area contributed by atoms with Gasteiger partial charge in [-0.1, -0.05) is 19.4 Å². The van der Waals surface area contributed by atoms with Crippen LogP contribution < -0.4 is 9.64 Å². The van der Waals surface area contributed by atoms with Crippen molar-refractivity contribution in [1.82, 2.24) is 0 Å². The zero-order valence-corrected chi connectivity index (χ0v) is 10.4. The Morgan fingerprint density at radius 1 is 1.47 bits per heavy atom. The third-order valence-corrected chi connectivity index (χ3v) is 3.31. The van der Waals surface area contributed by atoms with Crippen LogP contribution in [0.15, 0.2) is 18.2 Å². The lowest BCUT2D eigenvalue weighted by Gasteiger charge is -2.42. The van der Waals surface area contributed by atoms with Crippen molar-refractivity contribution in [2.45, 2.75) is 19.8 Å². The van der Waals surface area contributed by atoms with Crippen molar-refractivity contribution in [2.75, 3.05) is 25.1 Å². The first-order valence-corrected chi connectivity index (χ1v) is 6.12. The number of nitrogens with zero attached hydrogens (tertiary/aromatic N) is 2. The van der Waals surface area contributed by atoms with Crippen molar-refractivity contribution >= 4 is 5.69 Å². The molecule has 1 aromatic carbocycles. The molecule has 1 aliphatic heterocycles. The van der Waals surface area contributed by atoms with Crippen LogP contribution in [0.3, 0.4) is 0 Å². The Morgan fingerprint density at radius 3 is 2.82 bits per heavy atom. The van der Waals surface area contributed by atoms with Crippen LogP contribution >= 0.6 is 0 Å². The summed E-state index contributed by atoms with van der Waals surface area (Å²) in [5, 5.41) is 9.14. The van der Waals surface area contributed by atoms with Gasteiger partial charge in [0.15, 0.2) is 0 Å². The van der Waals surface area contributed by atoms with E-state index in [9.17, 15) is 0 Å². The summed E-state index contributed by atoms with van der Waals surface area (Å²) < 4.78 is 5.35. The minimum atomic E-state index is 0.708. The SMILES string of the molecule is CCCC1CN(c2c(C#N)cccc2OC)C1. The van der Waals surface area contributed by atoms with E-state index in [2.05, 4.69) is 17.9 Å². The summed E-state index contributed by atoms with van der Waals surface area (Å²) in [5.74, 6) is 1.58. The maximum atomic E-state index is 9.14. The summed E-state index contributed by atoms with van der Waals surface area (Å²) in [6.07, 6.45) is 2.50. The van der Waals surface area contributed by atoms with Crippen molar-refractivity contribution in [2.24, 2.45) is 5.92 Å². The van der Waals surface area contributed by atoms with E-state index in [1.807, 2.05) is 18.2 Å². The zero-order chi connectivity index (χ0) is 12.3. The molecule has 1 fully saturated rings. The number of para-hydroxylation sites is 1. The molecule has 0 amide bonds. The molecule has 0 aliphatic carbocycles. The fraction of sp³-hybridized carbons (Fsp3) is 0.500. The Hall–Kier alpha value is -1.69. The number of benzene rings is 1. The maximum Gasteiger partial charge on any atom is 0.143 e. The molecule has 17 heavy (non-hydrogen) atoms. The van der Waals surface area contributed by atoms with Gasteiger partial charge in [0, 0.05) is 13.1 Å². The van der Waals surface area contributed by atoms with E-state index in [4.69, 9.17) is 10.00 Å². The largest absolute Gasteiger partial charge is 0.495 e. The van der Waals surface area contributed by atoms with Crippen LogP contribution in [0.4, 0.5) is 5.69 Å². The molecule has 90 valence electrons. The first-order chi connectivity index (χ1) is 8.30. The summed E-state index contributed by atoms with van der Waals surface area (Å²) in [5.41, 5.74) is 1.67. The molecule has 0 spiro atoms. The number of nitriles is 1. The average Bonchev–Trinajstić information content (AvgIpc) is 2.32. The molecule has 1 aliphatic rings. The van der Waals surface area contributed by atoms with Gasteiger partial charge in [0.25, 0.3) is 0 Å². The standard InChI is InChI=1S/C14H18N2O/c1-3-5-11-9-16(10-11)14-12(8-15)6-4-7-13(14)17-2/h4,6-7,11H,3,5,9-10H2,1-2H3. The van der Waals surface area contributed by atoms with Gasteiger partial charge in [-0.05, 0) is 24.5 Å². The van der Waals surface area contributed by atoms with E-state index in [0.29, 0.717) is 5.56 Å². The molecule has 0 atom stereocenters. The van der Waals surface area contributed by atoms with Crippen LogP contribution in [0.1, 0.15) is 25.3 Å². The normalized spacial score (nSPS) is 15.2. The molecule has 2 rings (SSSR count). The fourth-order valence-corrected chi connectivity index (χ4v) is 2.45. The predicted molar refractivity (Wildman–Crippen MR) is 68.3 cm³/mol. The summed E-state index contributed by atoms with van der Waals surface area (Å²) in [6, 6.07) is 7.88. The number of hydrogen-bond acceptors (Lipinski definition) is 3. The summed E-state index contributed by atoms with van der Waals surface area (Å²) >= 11 is 0. The second kappa shape index (κ2) is 5.09. The molecule has 3 nitrogen and oxygen atoms in total. The third-order valence-electron chi connectivity index (χ3n) is 3.31. The highest BCUT2D eigenvalue weighted by Gasteiger charge is 2.29. The molecule has 1 saturated heterocycles. The lowest BCUT2D eigenvalue weighted by Crippen LogP contribution is -2.47. The van der Waals surface area contributed by atoms with Crippen LogP contribution in [0.25, 0.3) is 0 Å². The number of hydrogen-bond donors (Lipinski definition) is 0. The Kier molecular flexibility index (Phi) is 3.53. The number of rotatable bonds is 4. The van der Waals surface area contributed by atoms with E-state index in [1.165, 1.54) is 12.8 Å². The quantitative estimate of drug-likeness (QED) is 0.798. The number of methoxy groups -OCH3 is 1. The molecular weight excluding hydrogens is 212 g/mol. The smallest absolute Gasteiger partial charge is 0.143 e. The van der Waals surface area contributed by atoms with E-state index >= 15 is 0 Å². The van der Waals surface area contributed by atoms with Gasteiger partial charge in [0.1, 0.15) is 11.8 Å². The Balaban J connectivity index is 2.19. The lowest BCUT2D eigenvalue weighted by molar-refractivity contribution is 0.368. The Morgan fingerprint density at radius 2 is 2.24 bits per heavy atom. The number of ether oxygens (including phenoxy) is 1. The Bertz CT molecular complexity index is 430. The highest BCUT2D eigenvalue weighted by atomic mass is 16.5. The van der Waals surface area contributed by atoms with Crippen molar-refractivity contribution in [1.29, 1.82) is 5.26 Å². The highest BCUT2D eigenvalue weighted by molar-refractivity contribution is 5.69. The first-order valence-electron chi connectivity index (χ1n) is 6.12. The van der Waals surface area contributed by atoms with E-state index in [-0.39, 0.29) is 0 Å². The van der Waals surface area contributed by atoms with Gasteiger partial charge in [0.2, 0.25) is 0 Å². The van der Waals surface area contributed by atoms with Crippen LogP contribution in [0.2, 0.25) is 0 Å². The van der Waals surface area contributed by atoms with E-state index < -0.39 is 0 Å². The van der Waals surface area contributed by atoms with Gasteiger partial charge in [-0.15, -0.1) is 0 Å². The van der Waals surface area contributed by atoms with Crippen LogP contribution in [0, 0.1) is 17.2 Å². The molecular formula is C14H18N2O. The summed E-state index contributed by atoms with van der Waals surface area (Å²) in [4.78, 5) is 2.25. The molecule has 0 saturated carbocycles. The van der Waals surface area contributed by atoms with Gasteiger partial charge in [0.05, 0.1) is 18.4 Å². The van der Waals surface area contributed by atoms with Gasteiger partial charge in [-0.25, -0.2) is 0 Å². The molecule has 1 aromatic rings. The lowest BCUT2D eigenvalue weighted by atomic mass is 9.93. The summed E-state index contributed by atoms with van der Waals surface area (Å²) in [7, 11) is 1.66. The second-order valence-corrected chi connectivity index (χ2v) is 4.53. The minimum absolute atomic E-state index is 0.708. The third kappa shape index (κ3) is 2.21. The van der Waals surface area contributed by atoms with Gasteiger partial charge in [-0.2, -0.15) is 5.26 Å². The molecule has 0 radical (unpaired) electrons. The van der Waals surface area contributed by atoms with Crippen LogP contribution in [0.5, 0.6) is 5.75 Å². The van der Waals surface area contributed by atoms with Crippen molar-refractivity contribution in [3.63, 3.8) is 0 Å². The van der Waals surface area contributed by atoms with Gasteiger partial charge < -0.3 is 9.64 Å². The van der Waals surface area contributed by atoms with Gasteiger partial charge >= 0.3 is 0 Å². The van der Waals surface area contributed by atoms with Crippen molar-refractivity contribution < 1.29 is 4.74 Å². The summed E-state index contributed by atoms with van der Waals surface area (Å²) in [6.45, 7) is 4.30. The monoisotopic (exact) mass is 230 g/mol. The predicted octanol–water partition coefficient (Wildman–Crippen LogP) is 2.80. The molecule has 3 heteroatoms. The minimum Gasteiger partial charge on any atom is -0.495 e. The van der Waals surface area contributed by atoms with Crippen LogP contribution in [-0.4, -0.2) is 20.2 Å². The molecule has 0 N–H and O–H groups in total. The van der Waals surface area contributed by atoms with Crippen molar-refractivity contribution in [3.8, 4) is 11.8 Å². The van der Waals surface area contributed by atoms with E-state index in [0.717, 1.165) is 30.4 Å². The molecule has 0 unspecified atom stereocenters. The highest BCUT2D eigenvalue weighted by Crippen LogP contribution is 2.37. The fourth-order valence-electron chi connectivity index (χ4n) is 2.45. The Labute approximate surface area is 103 Å². The molecule has 1 heterocycles. The van der Waals surface area contributed by atoms with Crippen LogP contribution in [-0.2, 0) is 0 Å². The van der Waals surface area contributed by atoms with E-state index in [1.54, 1.807) is 7.11 Å². The molecule has 0 aromatic heterocycles. The van der Waals surface area contributed by atoms with Gasteiger partial charge in [-0.3, -0.25) is 0 Å².